The standard InChI is InChI=1S/C30H27N3O4S/c1-19(2)32-18-22(25-6-4-5-7-26(25)32)16-27-28(34)33(17-20-8-10-21(11-9-20)29(35)36)30(38-27)31-23-12-14-24(37-3)15-13-23/h4-16,18-19H,17H2,1-3H3,(H,35,36)/b27-16-,31-30?. The van der Waals surface area contributed by atoms with Gasteiger partial charge >= 0.3 is 5.97 Å². The molecule has 2 heterocycles. The Labute approximate surface area is 225 Å². The Kier molecular flexibility index (Phi) is 7.07. The van der Waals surface area contributed by atoms with Gasteiger partial charge in [-0.15, -0.1) is 0 Å². The minimum Gasteiger partial charge on any atom is -0.497 e. The van der Waals surface area contributed by atoms with Crippen LogP contribution in [0.2, 0.25) is 0 Å². The van der Waals surface area contributed by atoms with Gasteiger partial charge in [0.2, 0.25) is 0 Å². The van der Waals surface area contributed by atoms with Crippen LogP contribution in [0.25, 0.3) is 17.0 Å². The minimum absolute atomic E-state index is 0.147. The van der Waals surface area contributed by atoms with Crippen LogP contribution in [0.5, 0.6) is 5.75 Å². The van der Waals surface area contributed by atoms with E-state index < -0.39 is 5.97 Å². The van der Waals surface area contributed by atoms with Gasteiger partial charge in [-0.2, -0.15) is 0 Å². The fourth-order valence-electron chi connectivity index (χ4n) is 4.35. The summed E-state index contributed by atoms with van der Waals surface area (Å²) in [5, 5.41) is 10.9. The molecule has 1 saturated heterocycles. The van der Waals surface area contributed by atoms with E-state index >= 15 is 0 Å². The van der Waals surface area contributed by atoms with Crippen molar-refractivity contribution in [2.75, 3.05) is 7.11 Å². The number of aromatic nitrogens is 1. The van der Waals surface area contributed by atoms with Crippen molar-refractivity contribution in [2.24, 2.45) is 4.99 Å². The van der Waals surface area contributed by atoms with E-state index in [0.29, 0.717) is 15.8 Å². The number of rotatable bonds is 7. The van der Waals surface area contributed by atoms with Crippen molar-refractivity contribution in [1.82, 2.24) is 9.47 Å². The first-order chi connectivity index (χ1) is 18.3. The second kappa shape index (κ2) is 10.6. The van der Waals surface area contributed by atoms with Crippen molar-refractivity contribution in [3.63, 3.8) is 0 Å². The lowest BCUT2D eigenvalue weighted by molar-refractivity contribution is -0.122. The van der Waals surface area contributed by atoms with Gasteiger partial charge in [0.05, 0.1) is 29.8 Å². The minimum atomic E-state index is -0.989. The predicted molar refractivity (Wildman–Crippen MR) is 152 cm³/mol. The molecule has 8 heteroatoms. The molecule has 1 aromatic heterocycles. The molecule has 1 N–H and O–H groups in total. The maximum Gasteiger partial charge on any atom is 0.335 e. The number of methoxy groups -OCH3 is 1. The second-order valence-corrected chi connectivity index (χ2v) is 10.2. The molecule has 3 aromatic carbocycles. The topological polar surface area (TPSA) is 84.1 Å². The number of para-hydroxylation sites is 1. The Balaban J connectivity index is 1.54. The Morgan fingerprint density at radius 3 is 2.42 bits per heavy atom. The van der Waals surface area contributed by atoms with Gasteiger partial charge in [-0.1, -0.05) is 30.3 Å². The average molecular weight is 526 g/mol. The number of hydrogen-bond donors (Lipinski definition) is 1. The third-order valence-electron chi connectivity index (χ3n) is 6.34. The number of hydrogen-bond acceptors (Lipinski definition) is 5. The predicted octanol–water partition coefficient (Wildman–Crippen LogP) is 6.73. The first-order valence-electron chi connectivity index (χ1n) is 12.2. The van der Waals surface area contributed by atoms with Crippen molar-refractivity contribution in [3.8, 4) is 5.75 Å². The van der Waals surface area contributed by atoms with Crippen molar-refractivity contribution < 1.29 is 19.4 Å². The highest BCUT2D eigenvalue weighted by molar-refractivity contribution is 8.18. The van der Waals surface area contributed by atoms with Gasteiger partial charge in [0.15, 0.2) is 5.17 Å². The van der Waals surface area contributed by atoms with E-state index in [1.807, 2.05) is 42.5 Å². The fraction of sp³-hybridized carbons (Fsp3) is 0.167. The lowest BCUT2D eigenvalue weighted by atomic mass is 10.1. The third kappa shape index (κ3) is 5.08. The smallest absolute Gasteiger partial charge is 0.335 e. The van der Waals surface area contributed by atoms with Crippen LogP contribution in [0.3, 0.4) is 0 Å². The molecule has 5 rings (SSSR count). The van der Waals surface area contributed by atoms with Crippen molar-refractivity contribution in [1.29, 1.82) is 0 Å². The van der Waals surface area contributed by atoms with E-state index in [0.717, 1.165) is 27.8 Å². The first kappa shape index (κ1) is 25.4. The molecule has 7 nitrogen and oxygen atoms in total. The summed E-state index contributed by atoms with van der Waals surface area (Å²) in [6.07, 6.45) is 4.02. The van der Waals surface area contributed by atoms with Crippen LogP contribution in [-0.2, 0) is 11.3 Å². The summed E-state index contributed by atoms with van der Waals surface area (Å²) in [6.45, 7) is 4.54. The number of carbonyl (C=O) groups excluding carboxylic acids is 1. The molecule has 192 valence electrons. The highest BCUT2D eigenvalue weighted by Crippen LogP contribution is 2.37. The molecule has 1 fully saturated rings. The third-order valence-corrected chi connectivity index (χ3v) is 7.35. The average Bonchev–Trinajstić information content (AvgIpc) is 3.43. The Hall–Kier alpha value is -4.30. The van der Waals surface area contributed by atoms with Crippen LogP contribution in [-0.4, -0.2) is 38.7 Å². The molecule has 0 atom stereocenters. The molecule has 0 radical (unpaired) electrons. The van der Waals surface area contributed by atoms with Crippen molar-refractivity contribution in [3.05, 3.63) is 101 Å². The molecule has 0 bridgehead atoms. The summed E-state index contributed by atoms with van der Waals surface area (Å²) >= 11 is 1.33. The van der Waals surface area contributed by atoms with Gasteiger partial charge in [0, 0.05) is 28.7 Å². The van der Waals surface area contributed by atoms with Crippen LogP contribution < -0.4 is 4.74 Å². The van der Waals surface area contributed by atoms with E-state index in [1.165, 1.54) is 11.8 Å². The van der Waals surface area contributed by atoms with Gasteiger partial charge in [-0.25, -0.2) is 9.79 Å². The molecule has 1 aliphatic heterocycles. The number of ether oxygens (including phenoxy) is 1. The summed E-state index contributed by atoms with van der Waals surface area (Å²) in [4.78, 5) is 32.0. The van der Waals surface area contributed by atoms with Gasteiger partial charge in [0.1, 0.15) is 5.75 Å². The van der Waals surface area contributed by atoms with Gasteiger partial charge in [-0.05, 0) is 79.7 Å². The highest BCUT2D eigenvalue weighted by atomic mass is 32.2. The lowest BCUT2D eigenvalue weighted by Gasteiger charge is -2.16. The Morgan fingerprint density at radius 2 is 1.76 bits per heavy atom. The maximum absolute atomic E-state index is 13.7. The molecular formula is C30H27N3O4S. The van der Waals surface area contributed by atoms with Crippen molar-refractivity contribution >= 4 is 51.5 Å². The molecule has 0 spiro atoms. The molecular weight excluding hydrogens is 498 g/mol. The quantitative estimate of drug-likeness (QED) is 0.270. The Morgan fingerprint density at radius 1 is 1.05 bits per heavy atom. The zero-order chi connectivity index (χ0) is 26.8. The number of aliphatic imine (C=N–C) groups is 1. The normalized spacial score (nSPS) is 15.8. The number of amidine groups is 1. The number of aromatic carboxylic acids is 1. The number of fused-ring (bicyclic) bond motifs is 1. The van der Waals surface area contributed by atoms with Gasteiger partial charge in [-0.3, -0.25) is 9.69 Å². The number of carboxylic acid groups (broad SMARTS) is 1. The number of carboxylic acids is 1. The maximum atomic E-state index is 13.7. The van der Waals surface area contributed by atoms with Crippen molar-refractivity contribution in [2.45, 2.75) is 26.4 Å². The number of nitrogens with zero attached hydrogens (tertiary/aromatic N) is 3. The van der Waals surface area contributed by atoms with E-state index in [1.54, 1.807) is 36.3 Å². The summed E-state index contributed by atoms with van der Waals surface area (Å²) in [5.41, 5.74) is 3.80. The van der Waals surface area contributed by atoms with Gasteiger partial charge < -0.3 is 14.4 Å². The van der Waals surface area contributed by atoms with Crippen LogP contribution in [0.4, 0.5) is 5.69 Å². The summed E-state index contributed by atoms with van der Waals surface area (Å²) in [7, 11) is 1.61. The zero-order valence-electron chi connectivity index (χ0n) is 21.3. The summed E-state index contributed by atoms with van der Waals surface area (Å²) < 4.78 is 7.46. The molecule has 1 amide bonds. The summed E-state index contributed by atoms with van der Waals surface area (Å²) in [6, 6.07) is 22.3. The van der Waals surface area contributed by atoms with Crippen LogP contribution in [0, 0.1) is 0 Å². The molecule has 0 saturated carbocycles. The Bertz CT molecular complexity index is 1570. The molecule has 4 aromatic rings. The SMILES string of the molecule is COc1ccc(N=C2S/C(=C\c3cn(C(C)C)c4ccccc34)C(=O)N2Cc2ccc(C(=O)O)cc2)cc1. The molecule has 0 unspecified atom stereocenters. The molecule has 0 aliphatic carbocycles. The number of thioether (sulfide) groups is 1. The van der Waals surface area contributed by atoms with Gasteiger partial charge in [0.25, 0.3) is 5.91 Å². The number of benzene rings is 3. The largest absolute Gasteiger partial charge is 0.497 e. The second-order valence-electron chi connectivity index (χ2n) is 9.20. The van der Waals surface area contributed by atoms with E-state index in [4.69, 9.17) is 9.73 Å². The van der Waals surface area contributed by atoms with Crippen LogP contribution >= 0.6 is 11.8 Å². The molecule has 1 aliphatic rings. The summed E-state index contributed by atoms with van der Waals surface area (Å²) in [5.74, 6) is -0.413. The monoisotopic (exact) mass is 525 g/mol. The highest BCUT2D eigenvalue weighted by Gasteiger charge is 2.34. The van der Waals surface area contributed by atoms with Crippen LogP contribution in [0.15, 0.2) is 88.9 Å². The number of carbonyl (C=O) groups is 2. The lowest BCUT2D eigenvalue weighted by Crippen LogP contribution is -2.28. The van der Waals surface area contributed by atoms with E-state index in [9.17, 15) is 14.7 Å². The van der Waals surface area contributed by atoms with Crippen LogP contribution in [0.1, 0.15) is 41.4 Å². The first-order valence-corrected chi connectivity index (χ1v) is 13.0. The zero-order valence-corrected chi connectivity index (χ0v) is 22.1. The fourth-order valence-corrected chi connectivity index (χ4v) is 5.34. The number of amides is 1. The van der Waals surface area contributed by atoms with E-state index in [-0.39, 0.29) is 24.1 Å². The van der Waals surface area contributed by atoms with E-state index in [2.05, 4.69) is 36.7 Å². The molecule has 38 heavy (non-hydrogen) atoms.